The van der Waals surface area contributed by atoms with Crippen LogP contribution >= 0.6 is 0 Å². The van der Waals surface area contributed by atoms with E-state index in [-0.39, 0.29) is 11.9 Å². The Bertz CT molecular complexity index is 668. The van der Waals surface area contributed by atoms with Crippen molar-refractivity contribution >= 4 is 5.91 Å². The summed E-state index contributed by atoms with van der Waals surface area (Å²) in [5.41, 5.74) is 1.05. The molecule has 1 aromatic carbocycles. The van der Waals surface area contributed by atoms with Gasteiger partial charge in [0, 0.05) is 32.7 Å². The normalized spacial score (nSPS) is 17.7. The standard InChI is InChI=1S/C17H22N4O2/c1-13-10-15-18-19-16(12-23-2)21(15)9-8-20(13)17(22)11-14-6-4-3-5-7-14/h3-7,13H,8-12H2,1-2H3/t13-/m1/s1. The molecule has 3 rings (SSSR count). The van der Waals surface area contributed by atoms with Crippen molar-refractivity contribution < 1.29 is 9.53 Å². The molecule has 2 aromatic rings. The second-order valence-corrected chi connectivity index (χ2v) is 5.92. The summed E-state index contributed by atoms with van der Waals surface area (Å²) in [6, 6.07) is 10.00. The van der Waals surface area contributed by atoms with Crippen molar-refractivity contribution in [1.82, 2.24) is 19.7 Å². The maximum atomic E-state index is 12.7. The van der Waals surface area contributed by atoms with Crippen LogP contribution in [0.2, 0.25) is 0 Å². The molecule has 2 heterocycles. The van der Waals surface area contributed by atoms with Gasteiger partial charge in [-0.05, 0) is 12.5 Å². The quantitative estimate of drug-likeness (QED) is 0.857. The van der Waals surface area contributed by atoms with E-state index < -0.39 is 0 Å². The molecule has 0 N–H and O–H groups in total. The maximum absolute atomic E-state index is 12.7. The minimum atomic E-state index is 0.118. The number of hydrogen-bond acceptors (Lipinski definition) is 4. The number of amides is 1. The lowest BCUT2D eigenvalue weighted by Crippen LogP contribution is -2.41. The van der Waals surface area contributed by atoms with E-state index in [4.69, 9.17) is 4.74 Å². The van der Waals surface area contributed by atoms with Crippen molar-refractivity contribution in [2.45, 2.75) is 39.0 Å². The van der Waals surface area contributed by atoms with Crippen LogP contribution in [0.5, 0.6) is 0 Å². The number of methoxy groups -OCH3 is 1. The maximum Gasteiger partial charge on any atom is 0.227 e. The van der Waals surface area contributed by atoms with Gasteiger partial charge in [-0.15, -0.1) is 10.2 Å². The number of ether oxygens (including phenoxy) is 1. The van der Waals surface area contributed by atoms with Crippen LogP contribution in [0.4, 0.5) is 0 Å². The molecule has 0 radical (unpaired) electrons. The van der Waals surface area contributed by atoms with Gasteiger partial charge in [0.05, 0.1) is 6.42 Å². The predicted molar refractivity (Wildman–Crippen MR) is 85.8 cm³/mol. The molecule has 6 nitrogen and oxygen atoms in total. The van der Waals surface area contributed by atoms with Crippen LogP contribution in [0.15, 0.2) is 30.3 Å². The highest BCUT2D eigenvalue weighted by Crippen LogP contribution is 2.16. The van der Waals surface area contributed by atoms with Crippen molar-refractivity contribution in [2.24, 2.45) is 0 Å². The molecule has 1 aliphatic rings. The summed E-state index contributed by atoms with van der Waals surface area (Å²) in [6.07, 6.45) is 1.16. The van der Waals surface area contributed by atoms with Gasteiger partial charge in [-0.25, -0.2) is 0 Å². The Kier molecular flexibility index (Phi) is 4.71. The van der Waals surface area contributed by atoms with Gasteiger partial charge in [-0.3, -0.25) is 4.79 Å². The zero-order valence-electron chi connectivity index (χ0n) is 13.6. The van der Waals surface area contributed by atoms with Gasteiger partial charge < -0.3 is 14.2 Å². The molecule has 0 bridgehead atoms. The Hall–Kier alpha value is -2.21. The highest BCUT2D eigenvalue weighted by Gasteiger charge is 2.27. The summed E-state index contributed by atoms with van der Waals surface area (Å²) in [4.78, 5) is 14.6. The largest absolute Gasteiger partial charge is 0.377 e. The van der Waals surface area contributed by atoms with Crippen LogP contribution in [-0.2, 0) is 35.5 Å². The topological polar surface area (TPSA) is 60.3 Å². The van der Waals surface area contributed by atoms with Crippen LogP contribution in [0.25, 0.3) is 0 Å². The van der Waals surface area contributed by atoms with E-state index in [1.807, 2.05) is 35.2 Å². The fourth-order valence-corrected chi connectivity index (χ4v) is 3.06. The molecule has 1 amide bonds. The summed E-state index contributed by atoms with van der Waals surface area (Å²) in [6.45, 7) is 3.91. The Morgan fingerprint density at radius 3 is 2.78 bits per heavy atom. The number of fused-ring (bicyclic) bond motifs is 1. The molecular formula is C17H22N4O2. The molecule has 23 heavy (non-hydrogen) atoms. The number of hydrogen-bond donors (Lipinski definition) is 0. The lowest BCUT2D eigenvalue weighted by atomic mass is 10.1. The summed E-state index contributed by atoms with van der Waals surface area (Å²) in [7, 11) is 1.65. The Morgan fingerprint density at radius 2 is 2.04 bits per heavy atom. The smallest absolute Gasteiger partial charge is 0.227 e. The van der Waals surface area contributed by atoms with Crippen molar-refractivity contribution in [3.05, 3.63) is 47.5 Å². The predicted octanol–water partition coefficient (Wildman–Crippen LogP) is 1.44. The van der Waals surface area contributed by atoms with Crippen molar-refractivity contribution in [2.75, 3.05) is 13.7 Å². The molecule has 1 atom stereocenters. The van der Waals surface area contributed by atoms with Gasteiger partial charge in [-0.1, -0.05) is 30.3 Å². The lowest BCUT2D eigenvalue weighted by Gasteiger charge is -2.26. The molecule has 0 saturated heterocycles. The average molecular weight is 314 g/mol. The Balaban J connectivity index is 1.72. The molecule has 0 unspecified atom stereocenters. The first-order valence-electron chi connectivity index (χ1n) is 7.92. The van der Waals surface area contributed by atoms with Crippen molar-refractivity contribution in [3.63, 3.8) is 0 Å². The van der Waals surface area contributed by atoms with Gasteiger partial charge >= 0.3 is 0 Å². The van der Waals surface area contributed by atoms with Crippen LogP contribution in [0.3, 0.4) is 0 Å². The van der Waals surface area contributed by atoms with Gasteiger partial charge in [0.15, 0.2) is 5.82 Å². The van der Waals surface area contributed by atoms with Gasteiger partial charge in [0.25, 0.3) is 0 Å². The van der Waals surface area contributed by atoms with E-state index in [1.54, 1.807) is 7.11 Å². The van der Waals surface area contributed by atoms with Crippen LogP contribution in [0, 0.1) is 0 Å². The number of aromatic nitrogens is 3. The van der Waals surface area contributed by atoms with E-state index in [9.17, 15) is 4.79 Å². The van der Waals surface area contributed by atoms with E-state index in [0.717, 1.165) is 23.6 Å². The first kappa shape index (κ1) is 15.7. The molecular weight excluding hydrogens is 292 g/mol. The molecule has 0 fully saturated rings. The number of carbonyl (C=O) groups excluding carboxylic acids is 1. The van der Waals surface area contributed by atoms with Gasteiger partial charge in [0.1, 0.15) is 12.4 Å². The minimum absolute atomic E-state index is 0.118. The fourth-order valence-electron chi connectivity index (χ4n) is 3.06. The molecule has 1 aliphatic heterocycles. The summed E-state index contributed by atoms with van der Waals surface area (Å²) >= 11 is 0. The summed E-state index contributed by atoms with van der Waals surface area (Å²) in [5, 5.41) is 8.44. The number of benzene rings is 1. The third-order valence-electron chi connectivity index (χ3n) is 4.27. The third kappa shape index (κ3) is 3.42. The van der Waals surface area contributed by atoms with E-state index in [0.29, 0.717) is 26.1 Å². The Labute approximate surface area is 136 Å². The molecule has 6 heteroatoms. The number of carbonyl (C=O) groups is 1. The minimum Gasteiger partial charge on any atom is -0.377 e. The zero-order chi connectivity index (χ0) is 16.2. The lowest BCUT2D eigenvalue weighted by molar-refractivity contribution is -0.132. The van der Waals surface area contributed by atoms with Gasteiger partial charge in [0.2, 0.25) is 5.91 Å². The second kappa shape index (κ2) is 6.91. The molecule has 0 aliphatic carbocycles. The van der Waals surface area contributed by atoms with E-state index >= 15 is 0 Å². The van der Waals surface area contributed by atoms with Crippen molar-refractivity contribution in [3.8, 4) is 0 Å². The van der Waals surface area contributed by atoms with Crippen LogP contribution in [-0.4, -0.2) is 45.3 Å². The third-order valence-corrected chi connectivity index (χ3v) is 4.27. The highest BCUT2D eigenvalue weighted by atomic mass is 16.5. The first-order valence-corrected chi connectivity index (χ1v) is 7.92. The number of rotatable bonds is 4. The second-order valence-electron chi connectivity index (χ2n) is 5.92. The summed E-state index contributed by atoms with van der Waals surface area (Å²) in [5.74, 6) is 1.92. The Morgan fingerprint density at radius 1 is 1.26 bits per heavy atom. The summed E-state index contributed by atoms with van der Waals surface area (Å²) < 4.78 is 7.25. The molecule has 0 spiro atoms. The van der Waals surface area contributed by atoms with Gasteiger partial charge in [-0.2, -0.15) is 0 Å². The van der Waals surface area contributed by atoms with E-state index in [2.05, 4.69) is 21.7 Å². The SMILES string of the molecule is COCc1nnc2n1CCN(C(=O)Cc1ccccc1)[C@H](C)C2. The van der Waals surface area contributed by atoms with E-state index in [1.165, 1.54) is 0 Å². The number of nitrogens with zero attached hydrogens (tertiary/aromatic N) is 4. The van der Waals surface area contributed by atoms with Crippen LogP contribution < -0.4 is 0 Å². The molecule has 1 aromatic heterocycles. The monoisotopic (exact) mass is 314 g/mol. The average Bonchev–Trinajstić information content (AvgIpc) is 2.82. The molecule has 122 valence electrons. The van der Waals surface area contributed by atoms with Crippen LogP contribution in [0.1, 0.15) is 24.1 Å². The highest BCUT2D eigenvalue weighted by molar-refractivity contribution is 5.79. The van der Waals surface area contributed by atoms with Crippen molar-refractivity contribution in [1.29, 1.82) is 0 Å². The first-order chi connectivity index (χ1) is 11.2. The zero-order valence-corrected chi connectivity index (χ0v) is 13.6. The fraction of sp³-hybridized carbons (Fsp3) is 0.471. The molecule has 0 saturated carbocycles.